The number of carbonyl (C=O) groups is 2. The lowest BCUT2D eigenvalue weighted by molar-refractivity contribution is 0.0601. The minimum Gasteiger partial charge on any atom is -0.465 e. The largest absolute Gasteiger partial charge is 0.465 e. The molecule has 1 aromatic heterocycles. The third-order valence-electron chi connectivity index (χ3n) is 6.03. The molecule has 0 spiro atoms. The van der Waals surface area contributed by atoms with Crippen molar-refractivity contribution in [3.8, 4) is 0 Å². The first-order valence-electron chi connectivity index (χ1n) is 10.3. The minimum atomic E-state index is -0.470. The molecule has 1 aliphatic carbocycles. The Morgan fingerprint density at radius 1 is 1.24 bits per heavy atom. The number of thiophene rings is 1. The quantitative estimate of drug-likeness (QED) is 0.505. The third kappa shape index (κ3) is 5.28. The lowest BCUT2D eigenvalue weighted by Crippen LogP contribution is -2.45. The number of esters is 1. The lowest BCUT2D eigenvalue weighted by atomic mass is 9.78. The average molecular weight is 440 g/mol. The number of nitrogens with zero attached hydrogens (tertiary/aromatic N) is 1. The van der Waals surface area contributed by atoms with Gasteiger partial charge in [0.2, 0.25) is 0 Å². The number of anilines is 1. The van der Waals surface area contributed by atoms with Crippen molar-refractivity contribution < 1.29 is 14.3 Å². The van der Waals surface area contributed by atoms with Crippen LogP contribution in [0.4, 0.5) is 5.00 Å². The molecule has 1 aromatic rings. The molecule has 0 aromatic carbocycles. The molecule has 0 radical (unpaired) electrons. The van der Waals surface area contributed by atoms with Crippen LogP contribution in [0, 0.1) is 18.8 Å². The van der Waals surface area contributed by atoms with E-state index in [-0.39, 0.29) is 5.91 Å². The maximum absolute atomic E-state index is 12.9. The Labute approximate surface area is 183 Å². The summed E-state index contributed by atoms with van der Waals surface area (Å²) in [7, 11) is 1.34. The van der Waals surface area contributed by atoms with Crippen molar-refractivity contribution >= 4 is 45.5 Å². The number of carbonyl (C=O) groups excluding carboxylic acids is 2. The molecule has 29 heavy (non-hydrogen) atoms. The van der Waals surface area contributed by atoms with Gasteiger partial charge in [-0.25, -0.2) is 4.79 Å². The van der Waals surface area contributed by atoms with Crippen LogP contribution in [0.3, 0.4) is 0 Å². The highest BCUT2D eigenvalue weighted by atomic mass is 32.1. The molecule has 1 heterocycles. The van der Waals surface area contributed by atoms with Gasteiger partial charge in [-0.05, 0) is 56.8 Å². The highest BCUT2D eigenvalue weighted by Gasteiger charge is 2.30. The SMILES string of the molecule is CCN(CC)C(=O)c1sc(NC(=S)N[C@@H]2CCC[C@@H](C)[C@@H]2C)c(C(=O)OC)c1C. The van der Waals surface area contributed by atoms with Gasteiger partial charge >= 0.3 is 5.97 Å². The van der Waals surface area contributed by atoms with Crippen LogP contribution < -0.4 is 10.6 Å². The Bertz CT molecular complexity index is 759. The summed E-state index contributed by atoms with van der Waals surface area (Å²) in [5, 5.41) is 7.61. The van der Waals surface area contributed by atoms with Crippen molar-refractivity contribution in [2.45, 2.75) is 59.9 Å². The fourth-order valence-corrected chi connectivity index (χ4v) is 5.39. The maximum Gasteiger partial charge on any atom is 0.341 e. The molecule has 8 heteroatoms. The van der Waals surface area contributed by atoms with Crippen molar-refractivity contribution in [2.24, 2.45) is 11.8 Å². The Hall–Kier alpha value is -1.67. The Balaban J connectivity index is 2.26. The van der Waals surface area contributed by atoms with E-state index in [0.717, 1.165) is 6.42 Å². The second kappa shape index (κ2) is 10.4. The molecule has 0 bridgehead atoms. The van der Waals surface area contributed by atoms with Crippen LogP contribution in [0.2, 0.25) is 0 Å². The first-order chi connectivity index (χ1) is 13.7. The molecule has 162 valence electrons. The zero-order valence-electron chi connectivity index (χ0n) is 18.3. The summed E-state index contributed by atoms with van der Waals surface area (Å²) in [4.78, 5) is 27.6. The third-order valence-corrected chi connectivity index (χ3v) is 7.45. The normalized spacial score (nSPS) is 21.4. The topological polar surface area (TPSA) is 70.7 Å². The Morgan fingerprint density at radius 3 is 2.48 bits per heavy atom. The molecular weight excluding hydrogens is 406 g/mol. The molecule has 3 atom stereocenters. The van der Waals surface area contributed by atoms with Gasteiger partial charge in [-0.15, -0.1) is 11.3 Å². The van der Waals surface area contributed by atoms with Gasteiger partial charge in [0.25, 0.3) is 5.91 Å². The van der Waals surface area contributed by atoms with Crippen LogP contribution in [-0.4, -0.2) is 48.1 Å². The summed E-state index contributed by atoms with van der Waals surface area (Å²) in [5.41, 5.74) is 1.01. The summed E-state index contributed by atoms with van der Waals surface area (Å²) < 4.78 is 4.97. The van der Waals surface area contributed by atoms with Crippen LogP contribution in [0.15, 0.2) is 0 Å². The van der Waals surface area contributed by atoms with Gasteiger partial charge in [-0.3, -0.25) is 4.79 Å². The van der Waals surface area contributed by atoms with Crippen molar-refractivity contribution in [2.75, 3.05) is 25.5 Å². The van der Waals surface area contributed by atoms with Crippen molar-refractivity contribution in [3.63, 3.8) is 0 Å². The molecule has 2 rings (SSSR count). The molecule has 6 nitrogen and oxygen atoms in total. The first-order valence-corrected chi connectivity index (χ1v) is 11.6. The van der Waals surface area contributed by atoms with E-state index in [4.69, 9.17) is 17.0 Å². The number of rotatable bonds is 6. The molecule has 0 unspecified atom stereocenters. The molecule has 1 aliphatic rings. The number of methoxy groups -OCH3 is 1. The van der Waals surface area contributed by atoms with E-state index in [1.807, 2.05) is 13.8 Å². The summed E-state index contributed by atoms with van der Waals surface area (Å²) in [6, 6.07) is 0.304. The highest BCUT2D eigenvalue weighted by molar-refractivity contribution is 7.80. The van der Waals surface area contributed by atoms with E-state index in [1.165, 1.54) is 31.3 Å². The van der Waals surface area contributed by atoms with E-state index >= 15 is 0 Å². The van der Waals surface area contributed by atoms with Gasteiger partial charge in [-0.1, -0.05) is 26.7 Å². The fourth-order valence-electron chi connectivity index (χ4n) is 3.90. The molecule has 1 amide bonds. The summed E-state index contributed by atoms with van der Waals surface area (Å²) in [5.74, 6) is 0.622. The van der Waals surface area contributed by atoms with Gasteiger partial charge < -0.3 is 20.3 Å². The van der Waals surface area contributed by atoms with E-state index in [0.29, 0.717) is 57.1 Å². The van der Waals surface area contributed by atoms with E-state index in [9.17, 15) is 9.59 Å². The summed E-state index contributed by atoms with van der Waals surface area (Å²) in [6.07, 6.45) is 3.50. The molecule has 2 N–H and O–H groups in total. The van der Waals surface area contributed by atoms with E-state index < -0.39 is 5.97 Å². The standard InChI is InChI=1S/C21H33N3O3S2/c1-7-24(8-2)19(25)17-14(5)16(20(26)27-6)18(29-17)23-21(28)22-15-11-9-10-12(3)13(15)4/h12-13,15H,7-11H2,1-6H3,(H2,22,23,28)/t12-,13+,15-/m1/s1. The van der Waals surface area contributed by atoms with Crippen LogP contribution in [0.5, 0.6) is 0 Å². The van der Waals surface area contributed by atoms with Gasteiger partial charge in [0.15, 0.2) is 5.11 Å². The number of ether oxygens (including phenoxy) is 1. The van der Waals surface area contributed by atoms with Gasteiger partial charge in [0, 0.05) is 19.1 Å². The van der Waals surface area contributed by atoms with Gasteiger partial charge in [0.1, 0.15) is 5.00 Å². The predicted molar refractivity (Wildman–Crippen MR) is 123 cm³/mol. The van der Waals surface area contributed by atoms with Crippen LogP contribution in [0.25, 0.3) is 0 Å². The van der Waals surface area contributed by atoms with Crippen molar-refractivity contribution in [3.05, 3.63) is 16.0 Å². The molecular formula is C21H33N3O3S2. The monoisotopic (exact) mass is 439 g/mol. The van der Waals surface area contributed by atoms with Crippen molar-refractivity contribution in [1.82, 2.24) is 10.2 Å². The lowest BCUT2D eigenvalue weighted by Gasteiger charge is -2.35. The van der Waals surface area contributed by atoms with Crippen LogP contribution in [-0.2, 0) is 4.74 Å². The zero-order chi connectivity index (χ0) is 21.7. The van der Waals surface area contributed by atoms with Gasteiger partial charge in [-0.2, -0.15) is 0 Å². The number of hydrogen-bond acceptors (Lipinski definition) is 5. The summed E-state index contributed by atoms with van der Waals surface area (Å²) in [6.45, 7) is 11.4. The molecule has 0 saturated heterocycles. The number of thiocarbonyl (C=S) groups is 1. The number of amides is 1. The number of hydrogen-bond donors (Lipinski definition) is 2. The van der Waals surface area contributed by atoms with Gasteiger partial charge in [0.05, 0.1) is 17.6 Å². The summed E-state index contributed by atoms with van der Waals surface area (Å²) >= 11 is 6.80. The molecule has 0 aliphatic heterocycles. The van der Waals surface area contributed by atoms with Crippen molar-refractivity contribution in [1.29, 1.82) is 0 Å². The predicted octanol–water partition coefficient (Wildman–Crippen LogP) is 4.44. The highest BCUT2D eigenvalue weighted by Crippen LogP contribution is 2.35. The van der Waals surface area contributed by atoms with E-state index in [1.54, 1.807) is 11.8 Å². The van der Waals surface area contributed by atoms with Crippen LogP contribution >= 0.6 is 23.6 Å². The Morgan fingerprint density at radius 2 is 1.90 bits per heavy atom. The second-order valence-electron chi connectivity index (χ2n) is 7.70. The second-order valence-corrected chi connectivity index (χ2v) is 9.13. The maximum atomic E-state index is 12.9. The average Bonchev–Trinajstić information content (AvgIpc) is 3.01. The minimum absolute atomic E-state index is 0.0793. The fraction of sp³-hybridized carbons (Fsp3) is 0.667. The smallest absolute Gasteiger partial charge is 0.341 e. The zero-order valence-corrected chi connectivity index (χ0v) is 19.9. The molecule has 1 saturated carbocycles. The first kappa shape index (κ1) is 23.6. The molecule has 1 fully saturated rings. The van der Waals surface area contributed by atoms with Crippen LogP contribution in [0.1, 0.15) is 72.6 Å². The number of nitrogens with one attached hydrogen (secondary N) is 2. The Kier molecular flexibility index (Phi) is 8.46. The van der Waals surface area contributed by atoms with E-state index in [2.05, 4.69) is 24.5 Å².